The van der Waals surface area contributed by atoms with Crippen molar-refractivity contribution in [3.05, 3.63) is 97.8 Å². The van der Waals surface area contributed by atoms with E-state index in [0.29, 0.717) is 0 Å². The Kier molecular flexibility index (Phi) is 20.3. The van der Waals surface area contributed by atoms with E-state index in [1.807, 2.05) is 0 Å². The second-order valence-electron chi connectivity index (χ2n) is 9.18. The molecular formula is C34H48SiZr. The normalized spacial score (nSPS) is 9.89. The fourth-order valence-corrected chi connectivity index (χ4v) is 4.97. The molecule has 36 heavy (non-hydrogen) atoms. The summed E-state index contributed by atoms with van der Waals surface area (Å²) in [7, 11) is 0. The van der Waals surface area contributed by atoms with Gasteiger partial charge in [-0.15, -0.1) is 81.2 Å². The quantitative estimate of drug-likeness (QED) is 0.130. The van der Waals surface area contributed by atoms with Crippen LogP contribution in [0, 0.1) is 14.9 Å². The first kappa shape index (κ1) is 36.9. The smallest absolute Gasteiger partial charge is 0.358 e. The summed E-state index contributed by atoms with van der Waals surface area (Å²) in [5.41, 5.74) is 6.38. The van der Waals surface area contributed by atoms with Crippen molar-refractivity contribution < 1.29 is 26.2 Å². The predicted octanol–water partition coefficient (Wildman–Crippen LogP) is 10.2. The molecule has 0 nitrogen and oxygen atoms in total. The molecule has 0 heterocycles. The Bertz CT molecular complexity index is 997. The number of hydrogen-bond acceptors (Lipinski definition) is 0. The van der Waals surface area contributed by atoms with E-state index in [9.17, 15) is 0 Å². The fraction of sp³-hybridized carbons (Fsp3) is 0.412. The zero-order valence-electron chi connectivity index (χ0n) is 23.8. The first-order chi connectivity index (χ1) is 15.7. The van der Waals surface area contributed by atoms with E-state index in [4.69, 9.17) is 0 Å². The third kappa shape index (κ3) is 9.57. The van der Waals surface area contributed by atoms with Crippen LogP contribution in [0.3, 0.4) is 0 Å². The van der Waals surface area contributed by atoms with Gasteiger partial charge in [-0.25, -0.2) is 0 Å². The number of rotatable bonds is 10. The molecule has 2 heteroatoms. The minimum Gasteiger partial charge on any atom is -0.358 e. The Balaban J connectivity index is 0. The molecule has 4 aromatic carbocycles. The van der Waals surface area contributed by atoms with E-state index in [1.54, 1.807) is 22.3 Å². The third-order valence-corrected chi connectivity index (χ3v) is 6.61. The summed E-state index contributed by atoms with van der Waals surface area (Å²) in [5.74, 6) is 0. The van der Waals surface area contributed by atoms with Gasteiger partial charge in [-0.2, -0.15) is 11.1 Å². The predicted molar refractivity (Wildman–Crippen MR) is 163 cm³/mol. The van der Waals surface area contributed by atoms with Crippen LogP contribution in [0.5, 0.6) is 0 Å². The number of fused-ring (bicyclic) bond motifs is 2. The monoisotopic (exact) mass is 574 g/mol. The van der Waals surface area contributed by atoms with Crippen LogP contribution in [0.1, 0.15) is 88.5 Å². The molecule has 0 spiro atoms. The molecule has 4 radical (unpaired) electrons. The van der Waals surface area contributed by atoms with Crippen molar-refractivity contribution in [3.8, 4) is 0 Å². The van der Waals surface area contributed by atoms with Crippen LogP contribution in [0.2, 0.25) is 0 Å². The van der Waals surface area contributed by atoms with Crippen LogP contribution in [-0.4, -0.2) is 11.0 Å². The van der Waals surface area contributed by atoms with Crippen molar-refractivity contribution >= 4 is 32.5 Å². The van der Waals surface area contributed by atoms with E-state index in [-0.39, 0.29) is 52.0 Å². The van der Waals surface area contributed by atoms with Crippen LogP contribution in [0.25, 0.3) is 21.5 Å². The van der Waals surface area contributed by atoms with Gasteiger partial charge in [0.05, 0.1) is 0 Å². The molecule has 0 aliphatic carbocycles. The standard InChI is InChI=1S/2C16H21.2CH3.Si.Zr/c2*1-3-5-10-15-13(8-4-2)12-14-9-6-7-11-16(14)15;;;;/h2*6-7,9,11-12H,3-5,8,10H2,1-2H3;2*1H3;;/q4*-1;;+4. The van der Waals surface area contributed by atoms with Crippen molar-refractivity contribution in [1.82, 2.24) is 0 Å². The molecule has 0 aromatic heterocycles. The largest absolute Gasteiger partial charge is 4.00 e. The first-order valence-electron chi connectivity index (χ1n) is 13.1. The van der Waals surface area contributed by atoms with Gasteiger partial charge in [-0.1, -0.05) is 91.2 Å². The Morgan fingerprint density at radius 3 is 1.22 bits per heavy atom. The number of aryl methyl sites for hydroxylation is 4. The molecule has 0 saturated carbocycles. The zero-order valence-corrected chi connectivity index (χ0v) is 27.3. The third-order valence-electron chi connectivity index (χ3n) is 6.61. The van der Waals surface area contributed by atoms with Gasteiger partial charge in [-0.3, -0.25) is 0 Å². The molecule has 0 bridgehead atoms. The molecule has 0 aliphatic rings. The fourth-order valence-electron chi connectivity index (χ4n) is 4.97. The van der Waals surface area contributed by atoms with Crippen LogP contribution in [-0.2, 0) is 51.9 Å². The van der Waals surface area contributed by atoms with Gasteiger partial charge in [-0.05, 0) is 12.8 Å². The van der Waals surface area contributed by atoms with E-state index in [2.05, 4.69) is 88.4 Å². The van der Waals surface area contributed by atoms with Crippen LogP contribution >= 0.6 is 0 Å². The van der Waals surface area contributed by atoms with Gasteiger partial charge >= 0.3 is 26.2 Å². The summed E-state index contributed by atoms with van der Waals surface area (Å²) in [5, 5.41) is 5.83. The molecule has 0 atom stereocenters. The van der Waals surface area contributed by atoms with E-state index in [1.165, 1.54) is 85.8 Å². The minimum atomic E-state index is 0. The van der Waals surface area contributed by atoms with Gasteiger partial charge in [0.25, 0.3) is 0 Å². The van der Waals surface area contributed by atoms with Gasteiger partial charge in [0.2, 0.25) is 0 Å². The summed E-state index contributed by atoms with van der Waals surface area (Å²) < 4.78 is 0. The Hall–Kier alpha value is -1.24. The van der Waals surface area contributed by atoms with Crippen molar-refractivity contribution in [2.24, 2.45) is 0 Å². The number of benzene rings is 2. The van der Waals surface area contributed by atoms with Crippen LogP contribution < -0.4 is 0 Å². The molecule has 0 N–H and O–H groups in total. The van der Waals surface area contributed by atoms with Gasteiger partial charge in [0.1, 0.15) is 0 Å². The zero-order chi connectivity index (χ0) is 22.8. The summed E-state index contributed by atoms with van der Waals surface area (Å²) in [4.78, 5) is 0. The van der Waals surface area contributed by atoms with Crippen molar-refractivity contribution in [3.63, 3.8) is 0 Å². The van der Waals surface area contributed by atoms with Gasteiger partial charge in [0.15, 0.2) is 0 Å². The maximum absolute atomic E-state index is 2.39. The molecule has 0 fully saturated rings. The Labute approximate surface area is 247 Å². The Morgan fingerprint density at radius 1 is 0.528 bits per heavy atom. The minimum absolute atomic E-state index is 0. The molecular weight excluding hydrogens is 528 g/mol. The van der Waals surface area contributed by atoms with Crippen molar-refractivity contribution in [1.29, 1.82) is 0 Å². The Morgan fingerprint density at radius 2 is 0.889 bits per heavy atom. The van der Waals surface area contributed by atoms with Crippen LogP contribution in [0.15, 0.2) is 60.7 Å². The number of unbranched alkanes of at least 4 members (excludes halogenated alkanes) is 2. The molecule has 0 aliphatic heterocycles. The van der Waals surface area contributed by atoms with E-state index in [0.717, 1.165) is 0 Å². The molecule has 0 unspecified atom stereocenters. The maximum atomic E-state index is 2.39. The first-order valence-corrected chi connectivity index (χ1v) is 13.1. The average Bonchev–Trinajstić information content (AvgIpc) is 3.34. The maximum Gasteiger partial charge on any atom is 4.00 e. The summed E-state index contributed by atoms with van der Waals surface area (Å²) in [6, 6.07) is 22.4. The topological polar surface area (TPSA) is 0 Å². The molecule has 4 aromatic rings. The second kappa shape index (κ2) is 19.8. The van der Waals surface area contributed by atoms with Crippen molar-refractivity contribution in [2.75, 3.05) is 0 Å². The molecule has 0 saturated heterocycles. The molecule has 192 valence electrons. The van der Waals surface area contributed by atoms with E-state index < -0.39 is 0 Å². The average molecular weight is 576 g/mol. The van der Waals surface area contributed by atoms with Gasteiger partial charge in [0, 0.05) is 11.0 Å². The van der Waals surface area contributed by atoms with Crippen molar-refractivity contribution in [2.45, 2.75) is 91.9 Å². The summed E-state index contributed by atoms with van der Waals surface area (Å²) in [6.45, 7) is 9.07. The molecule has 4 rings (SSSR count). The molecule has 0 amide bonds. The van der Waals surface area contributed by atoms with Gasteiger partial charge < -0.3 is 14.9 Å². The summed E-state index contributed by atoms with van der Waals surface area (Å²) in [6.07, 6.45) is 12.6. The summed E-state index contributed by atoms with van der Waals surface area (Å²) >= 11 is 0. The van der Waals surface area contributed by atoms with E-state index >= 15 is 0 Å². The second-order valence-corrected chi connectivity index (χ2v) is 9.18. The SMILES string of the molecule is CCCCc1c(CCC)[cH-]c2ccccc12.CCCCc1c(CCC)[cH-]c2ccccc12.[CH3-].[CH3-].[Si].[Zr+4]. The number of hydrogen-bond donors (Lipinski definition) is 0. The van der Waals surface area contributed by atoms with Crippen LogP contribution in [0.4, 0.5) is 0 Å².